The molecule has 0 atom stereocenters. The molecule has 0 aliphatic heterocycles. The summed E-state index contributed by atoms with van der Waals surface area (Å²) in [6.07, 6.45) is 1.46. The van der Waals surface area contributed by atoms with E-state index in [4.69, 9.17) is 5.73 Å². The molecule has 1 aliphatic carbocycles. The van der Waals surface area contributed by atoms with Crippen LogP contribution < -0.4 is 5.73 Å². The van der Waals surface area contributed by atoms with Crippen LogP contribution in [0.4, 0.5) is 4.39 Å². The summed E-state index contributed by atoms with van der Waals surface area (Å²) in [7, 11) is 0. The third kappa shape index (κ3) is 1.68. The van der Waals surface area contributed by atoms with Crippen LogP contribution in [0.5, 0.6) is 0 Å². The predicted molar refractivity (Wildman–Crippen MR) is 51.4 cm³/mol. The van der Waals surface area contributed by atoms with Gasteiger partial charge in [0.25, 0.3) is 0 Å². The molecule has 2 rings (SSSR count). The number of rotatable bonds is 2. The lowest BCUT2D eigenvalue weighted by atomic mass is 9.76. The third-order valence-corrected chi connectivity index (χ3v) is 2.65. The molecule has 0 aromatic heterocycles. The standard InChI is InChI=1S/C11H12FNO/c12-9-3-1-2-7(4-9)11(14)8-5-10(13)6-8/h1-4,8,10H,5-6,13H2. The Morgan fingerprint density at radius 1 is 1.43 bits per heavy atom. The lowest BCUT2D eigenvalue weighted by molar-refractivity contribution is 0.0832. The first-order valence-electron chi connectivity index (χ1n) is 4.72. The van der Waals surface area contributed by atoms with E-state index in [1.54, 1.807) is 12.1 Å². The zero-order valence-electron chi connectivity index (χ0n) is 7.74. The number of halogens is 1. The van der Waals surface area contributed by atoms with E-state index in [0.717, 1.165) is 12.8 Å². The largest absolute Gasteiger partial charge is 0.328 e. The number of hydrogen-bond donors (Lipinski definition) is 1. The van der Waals surface area contributed by atoms with Gasteiger partial charge in [-0.3, -0.25) is 4.79 Å². The number of carbonyl (C=O) groups excluding carboxylic acids is 1. The molecule has 0 saturated heterocycles. The number of Topliss-reactive ketones (excluding diaryl/α,β-unsaturated/α-hetero) is 1. The number of nitrogens with two attached hydrogens (primary N) is 1. The van der Waals surface area contributed by atoms with Gasteiger partial charge in [0.1, 0.15) is 5.82 Å². The molecule has 0 bridgehead atoms. The van der Waals surface area contributed by atoms with E-state index in [0.29, 0.717) is 5.56 Å². The summed E-state index contributed by atoms with van der Waals surface area (Å²) in [6.45, 7) is 0. The van der Waals surface area contributed by atoms with Crippen LogP contribution in [0, 0.1) is 11.7 Å². The van der Waals surface area contributed by atoms with E-state index in [1.807, 2.05) is 0 Å². The summed E-state index contributed by atoms with van der Waals surface area (Å²) in [5.74, 6) is -0.336. The van der Waals surface area contributed by atoms with Crippen molar-refractivity contribution in [3.63, 3.8) is 0 Å². The normalized spacial score (nSPS) is 25.6. The van der Waals surface area contributed by atoms with Crippen LogP contribution in [0.1, 0.15) is 23.2 Å². The Bertz CT molecular complexity index is 358. The molecule has 1 aliphatic rings. The van der Waals surface area contributed by atoms with Gasteiger partial charge < -0.3 is 5.73 Å². The molecule has 0 radical (unpaired) electrons. The van der Waals surface area contributed by atoms with Crippen LogP contribution in [-0.4, -0.2) is 11.8 Å². The van der Waals surface area contributed by atoms with E-state index in [1.165, 1.54) is 12.1 Å². The highest BCUT2D eigenvalue weighted by Crippen LogP contribution is 2.29. The van der Waals surface area contributed by atoms with Gasteiger partial charge >= 0.3 is 0 Å². The van der Waals surface area contributed by atoms with Gasteiger partial charge in [0.2, 0.25) is 0 Å². The van der Waals surface area contributed by atoms with Crippen molar-refractivity contribution in [2.75, 3.05) is 0 Å². The van der Waals surface area contributed by atoms with Gasteiger partial charge in [-0.2, -0.15) is 0 Å². The average molecular weight is 193 g/mol. The lowest BCUT2D eigenvalue weighted by Crippen LogP contribution is -2.40. The fourth-order valence-corrected chi connectivity index (χ4v) is 1.75. The Kier molecular flexibility index (Phi) is 2.33. The maximum Gasteiger partial charge on any atom is 0.166 e. The highest BCUT2D eigenvalue weighted by Gasteiger charge is 2.32. The van der Waals surface area contributed by atoms with Crippen molar-refractivity contribution in [3.05, 3.63) is 35.6 Å². The molecule has 0 spiro atoms. The maximum atomic E-state index is 12.8. The predicted octanol–water partition coefficient (Wildman–Crippen LogP) is 1.75. The third-order valence-electron chi connectivity index (χ3n) is 2.65. The molecule has 3 heteroatoms. The highest BCUT2D eigenvalue weighted by atomic mass is 19.1. The molecule has 0 unspecified atom stereocenters. The Balaban J connectivity index is 2.12. The second-order valence-electron chi connectivity index (χ2n) is 3.80. The molecule has 1 aromatic carbocycles. The van der Waals surface area contributed by atoms with Crippen molar-refractivity contribution in [3.8, 4) is 0 Å². The fourth-order valence-electron chi connectivity index (χ4n) is 1.75. The van der Waals surface area contributed by atoms with Gasteiger partial charge in [-0.25, -0.2) is 4.39 Å². The van der Waals surface area contributed by atoms with E-state index in [-0.39, 0.29) is 23.6 Å². The molecule has 74 valence electrons. The van der Waals surface area contributed by atoms with Crippen LogP contribution in [0.3, 0.4) is 0 Å². The Morgan fingerprint density at radius 2 is 2.14 bits per heavy atom. The van der Waals surface area contributed by atoms with Crippen molar-refractivity contribution in [2.45, 2.75) is 18.9 Å². The van der Waals surface area contributed by atoms with E-state index < -0.39 is 0 Å². The number of ketones is 1. The first-order valence-corrected chi connectivity index (χ1v) is 4.72. The minimum atomic E-state index is -0.362. The van der Waals surface area contributed by atoms with E-state index in [2.05, 4.69) is 0 Å². The van der Waals surface area contributed by atoms with Crippen molar-refractivity contribution in [2.24, 2.45) is 11.7 Å². The Labute approximate surface area is 81.9 Å². The SMILES string of the molecule is NC1CC(C(=O)c2cccc(F)c2)C1. The summed E-state index contributed by atoms with van der Waals surface area (Å²) in [4.78, 5) is 11.7. The fraction of sp³-hybridized carbons (Fsp3) is 0.364. The molecule has 1 aromatic rings. The monoisotopic (exact) mass is 193 g/mol. The molecule has 14 heavy (non-hydrogen) atoms. The van der Waals surface area contributed by atoms with Gasteiger partial charge in [-0.1, -0.05) is 12.1 Å². The average Bonchev–Trinajstić information content (AvgIpc) is 2.12. The molecule has 0 amide bonds. The molecule has 1 saturated carbocycles. The van der Waals surface area contributed by atoms with Crippen LogP contribution in [0.25, 0.3) is 0 Å². The summed E-state index contributed by atoms with van der Waals surface area (Å²) < 4.78 is 12.8. The van der Waals surface area contributed by atoms with Crippen LogP contribution >= 0.6 is 0 Å². The van der Waals surface area contributed by atoms with Crippen molar-refractivity contribution in [1.82, 2.24) is 0 Å². The van der Waals surface area contributed by atoms with Gasteiger partial charge in [0, 0.05) is 17.5 Å². The van der Waals surface area contributed by atoms with Gasteiger partial charge in [0.05, 0.1) is 0 Å². The van der Waals surface area contributed by atoms with E-state index in [9.17, 15) is 9.18 Å². The smallest absolute Gasteiger partial charge is 0.166 e. The number of hydrogen-bond acceptors (Lipinski definition) is 2. The van der Waals surface area contributed by atoms with Crippen molar-refractivity contribution < 1.29 is 9.18 Å². The zero-order chi connectivity index (χ0) is 10.1. The molecular formula is C11H12FNO. The minimum absolute atomic E-state index is 0.00630. The lowest BCUT2D eigenvalue weighted by Gasteiger charge is -2.31. The maximum absolute atomic E-state index is 12.8. The van der Waals surface area contributed by atoms with Gasteiger partial charge in [-0.05, 0) is 25.0 Å². The van der Waals surface area contributed by atoms with Crippen LogP contribution in [0.15, 0.2) is 24.3 Å². The number of benzene rings is 1. The molecule has 0 heterocycles. The van der Waals surface area contributed by atoms with Gasteiger partial charge in [-0.15, -0.1) is 0 Å². The zero-order valence-corrected chi connectivity index (χ0v) is 7.74. The van der Waals surface area contributed by atoms with Crippen molar-refractivity contribution >= 4 is 5.78 Å². The second-order valence-corrected chi connectivity index (χ2v) is 3.80. The van der Waals surface area contributed by atoms with Crippen molar-refractivity contribution in [1.29, 1.82) is 0 Å². The molecule has 2 nitrogen and oxygen atoms in total. The highest BCUT2D eigenvalue weighted by molar-refractivity contribution is 5.98. The van der Waals surface area contributed by atoms with Crippen LogP contribution in [-0.2, 0) is 0 Å². The first-order chi connectivity index (χ1) is 6.66. The van der Waals surface area contributed by atoms with Crippen LogP contribution in [0.2, 0.25) is 0 Å². The minimum Gasteiger partial charge on any atom is -0.328 e. The molecular weight excluding hydrogens is 181 g/mol. The second kappa shape index (κ2) is 3.50. The van der Waals surface area contributed by atoms with Gasteiger partial charge in [0.15, 0.2) is 5.78 Å². The first kappa shape index (κ1) is 9.34. The Hall–Kier alpha value is -1.22. The Morgan fingerprint density at radius 3 is 2.71 bits per heavy atom. The number of carbonyl (C=O) groups is 1. The summed E-state index contributed by atoms with van der Waals surface area (Å²) in [5, 5.41) is 0. The molecule has 2 N–H and O–H groups in total. The molecule has 1 fully saturated rings. The topological polar surface area (TPSA) is 43.1 Å². The summed E-state index contributed by atoms with van der Waals surface area (Å²) in [6, 6.07) is 5.98. The summed E-state index contributed by atoms with van der Waals surface area (Å²) >= 11 is 0. The van der Waals surface area contributed by atoms with E-state index >= 15 is 0 Å². The summed E-state index contributed by atoms with van der Waals surface area (Å²) in [5.41, 5.74) is 6.05. The quantitative estimate of drug-likeness (QED) is 0.727.